The standard InChI is InChI=1S/C13H21N3/c1-9-12-6-11-8-15(2)5-4-10(11)7-13(12)16(3)14-9/h10-11H,4-8H2,1-3H3. The lowest BCUT2D eigenvalue weighted by Crippen LogP contribution is -2.42. The Bertz CT molecular complexity index is 408. The summed E-state index contributed by atoms with van der Waals surface area (Å²) in [7, 11) is 4.35. The minimum atomic E-state index is 0.870. The minimum Gasteiger partial charge on any atom is -0.306 e. The van der Waals surface area contributed by atoms with E-state index in [4.69, 9.17) is 0 Å². The van der Waals surface area contributed by atoms with Crippen molar-refractivity contribution in [2.45, 2.75) is 26.2 Å². The van der Waals surface area contributed by atoms with Gasteiger partial charge in [-0.1, -0.05) is 0 Å². The van der Waals surface area contributed by atoms with Crippen molar-refractivity contribution >= 4 is 0 Å². The van der Waals surface area contributed by atoms with Gasteiger partial charge in [-0.15, -0.1) is 0 Å². The molecule has 3 heteroatoms. The number of piperidine rings is 1. The van der Waals surface area contributed by atoms with Gasteiger partial charge in [0.1, 0.15) is 0 Å². The summed E-state index contributed by atoms with van der Waals surface area (Å²) < 4.78 is 2.11. The van der Waals surface area contributed by atoms with Crippen molar-refractivity contribution in [1.29, 1.82) is 0 Å². The molecule has 0 amide bonds. The van der Waals surface area contributed by atoms with E-state index in [-0.39, 0.29) is 0 Å². The number of hydrogen-bond acceptors (Lipinski definition) is 2. The van der Waals surface area contributed by atoms with Crippen LogP contribution in [0.4, 0.5) is 0 Å². The molecule has 1 aromatic rings. The Morgan fingerprint density at radius 3 is 2.81 bits per heavy atom. The Morgan fingerprint density at radius 1 is 1.19 bits per heavy atom. The van der Waals surface area contributed by atoms with Crippen LogP contribution in [0.15, 0.2) is 0 Å². The van der Waals surface area contributed by atoms with Crippen molar-refractivity contribution < 1.29 is 0 Å². The number of fused-ring (bicyclic) bond motifs is 2. The first-order valence-electron chi connectivity index (χ1n) is 6.35. The van der Waals surface area contributed by atoms with E-state index < -0.39 is 0 Å². The second-order valence-electron chi connectivity index (χ2n) is 5.61. The largest absolute Gasteiger partial charge is 0.306 e. The van der Waals surface area contributed by atoms with Crippen molar-refractivity contribution in [2.24, 2.45) is 18.9 Å². The molecule has 1 aromatic heterocycles. The normalized spacial score (nSPS) is 29.9. The summed E-state index contributed by atoms with van der Waals surface area (Å²) in [6.07, 6.45) is 3.88. The molecule has 3 rings (SSSR count). The highest BCUT2D eigenvalue weighted by Gasteiger charge is 2.34. The first kappa shape index (κ1) is 10.3. The molecular formula is C13H21N3. The van der Waals surface area contributed by atoms with Gasteiger partial charge < -0.3 is 4.90 Å². The van der Waals surface area contributed by atoms with Gasteiger partial charge in [0.2, 0.25) is 0 Å². The molecule has 2 heterocycles. The van der Waals surface area contributed by atoms with E-state index in [0.717, 1.165) is 11.8 Å². The molecule has 0 spiro atoms. The lowest BCUT2D eigenvalue weighted by atomic mass is 9.74. The van der Waals surface area contributed by atoms with Gasteiger partial charge in [-0.3, -0.25) is 4.68 Å². The monoisotopic (exact) mass is 219 g/mol. The third kappa shape index (κ3) is 1.49. The second-order valence-corrected chi connectivity index (χ2v) is 5.61. The van der Waals surface area contributed by atoms with E-state index in [1.54, 1.807) is 5.56 Å². The molecule has 3 nitrogen and oxygen atoms in total. The number of rotatable bonds is 0. The lowest BCUT2D eigenvalue weighted by Gasteiger charge is -2.39. The molecule has 2 aliphatic rings. The first-order chi connectivity index (χ1) is 7.65. The zero-order chi connectivity index (χ0) is 11.3. The zero-order valence-corrected chi connectivity index (χ0v) is 10.5. The van der Waals surface area contributed by atoms with Gasteiger partial charge in [0.05, 0.1) is 5.69 Å². The summed E-state index contributed by atoms with van der Waals surface area (Å²) in [6, 6.07) is 0. The Morgan fingerprint density at radius 2 is 2.00 bits per heavy atom. The lowest BCUT2D eigenvalue weighted by molar-refractivity contribution is 0.132. The topological polar surface area (TPSA) is 21.1 Å². The molecule has 0 bridgehead atoms. The summed E-state index contributed by atoms with van der Waals surface area (Å²) in [5.74, 6) is 1.77. The maximum Gasteiger partial charge on any atom is 0.0628 e. The van der Waals surface area contributed by atoms with E-state index >= 15 is 0 Å². The van der Waals surface area contributed by atoms with Gasteiger partial charge in [-0.2, -0.15) is 5.10 Å². The van der Waals surface area contributed by atoms with Crippen LogP contribution >= 0.6 is 0 Å². The van der Waals surface area contributed by atoms with E-state index in [0.29, 0.717) is 0 Å². The van der Waals surface area contributed by atoms with Crippen molar-refractivity contribution in [1.82, 2.24) is 14.7 Å². The third-order valence-electron chi connectivity index (χ3n) is 4.49. The van der Waals surface area contributed by atoms with Crippen LogP contribution in [-0.2, 0) is 19.9 Å². The highest BCUT2D eigenvalue weighted by Crippen LogP contribution is 2.36. The molecule has 0 aromatic carbocycles. The van der Waals surface area contributed by atoms with Crippen LogP contribution in [0.1, 0.15) is 23.4 Å². The molecule has 2 unspecified atom stereocenters. The fourth-order valence-corrected chi connectivity index (χ4v) is 3.54. The third-order valence-corrected chi connectivity index (χ3v) is 4.49. The molecule has 0 saturated carbocycles. The van der Waals surface area contributed by atoms with Gasteiger partial charge >= 0.3 is 0 Å². The van der Waals surface area contributed by atoms with Gasteiger partial charge in [0.15, 0.2) is 0 Å². The molecule has 1 fully saturated rings. The van der Waals surface area contributed by atoms with Gasteiger partial charge in [-0.25, -0.2) is 0 Å². The highest BCUT2D eigenvalue weighted by molar-refractivity contribution is 5.29. The number of likely N-dealkylation sites (tertiary alicyclic amines) is 1. The number of aryl methyl sites for hydroxylation is 2. The zero-order valence-electron chi connectivity index (χ0n) is 10.5. The van der Waals surface area contributed by atoms with Gasteiger partial charge in [-0.05, 0) is 57.2 Å². The molecule has 1 saturated heterocycles. The summed E-state index contributed by atoms with van der Waals surface area (Å²) in [6.45, 7) is 4.71. The van der Waals surface area contributed by atoms with E-state index in [1.165, 1.54) is 43.7 Å². The maximum atomic E-state index is 4.57. The van der Waals surface area contributed by atoms with Crippen LogP contribution in [0.2, 0.25) is 0 Å². The van der Waals surface area contributed by atoms with E-state index in [2.05, 4.69) is 35.7 Å². The second kappa shape index (κ2) is 3.59. The molecule has 0 radical (unpaired) electrons. The van der Waals surface area contributed by atoms with E-state index in [9.17, 15) is 0 Å². The average Bonchev–Trinajstić information content (AvgIpc) is 2.52. The van der Waals surface area contributed by atoms with Crippen molar-refractivity contribution in [3.05, 3.63) is 17.0 Å². The molecule has 1 aliphatic carbocycles. The minimum absolute atomic E-state index is 0.870. The maximum absolute atomic E-state index is 4.57. The number of aromatic nitrogens is 2. The molecular weight excluding hydrogens is 198 g/mol. The first-order valence-corrected chi connectivity index (χ1v) is 6.35. The highest BCUT2D eigenvalue weighted by atomic mass is 15.3. The fourth-order valence-electron chi connectivity index (χ4n) is 3.54. The van der Waals surface area contributed by atoms with Crippen LogP contribution in [0, 0.1) is 18.8 Å². The summed E-state index contributed by atoms with van der Waals surface area (Å²) in [4.78, 5) is 2.48. The summed E-state index contributed by atoms with van der Waals surface area (Å²) in [5, 5.41) is 4.57. The average molecular weight is 219 g/mol. The molecule has 16 heavy (non-hydrogen) atoms. The fraction of sp³-hybridized carbons (Fsp3) is 0.769. The molecule has 88 valence electrons. The molecule has 2 atom stereocenters. The Hall–Kier alpha value is -0.830. The van der Waals surface area contributed by atoms with Gasteiger partial charge in [0.25, 0.3) is 0 Å². The quantitative estimate of drug-likeness (QED) is 0.657. The Kier molecular flexibility index (Phi) is 2.32. The van der Waals surface area contributed by atoms with Gasteiger partial charge in [0, 0.05) is 19.3 Å². The smallest absolute Gasteiger partial charge is 0.0628 e. The van der Waals surface area contributed by atoms with Crippen LogP contribution in [0.5, 0.6) is 0 Å². The van der Waals surface area contributed by atoms with Crippen LogP contribution in [0.3, 0.4) is 0 Å². The van der Waals surface area contributed by atoms with Crippen molar-refractivity contribution in [3.63, 3.8) is 0 Å². The Balaban J connectivity index is 1.92. The van der Waals surface area contributed by atoms with Crippen LogP contribution < -0.4 is 0 Å². The molecule has 0 N–H and O–H groups in total. The predicted molar refractivity (Wildman–Crippen MR) is 64.4 cm³/mol. The number of hydrogen-bond donors (Lipinski definition) is 0. The predicted octanol–water partition coefficient (Wildman–Crippen LogP) is 1.40. The Labute approximate surface area is 97.4 Å². The van der Waals surface area contributed by atoms with Crippen molar-refractivity contribution in [3.8, 4) is 0 Å². The van der Waals surface area contributed by atoms with Crippen LogP contribution in [0.25, 0.3) is 0 Å². The summed E-state index contributed by atoms with van der Waals surface area (Å²) >= 11 is 0. The summed E-state index contributed by atoms with van der Waals surface area (Å²) in [5.41, 5.74) is 4.30. The molecule has 1 aliphatic heterocycles. The van der Waals surface area contributed by atoms with E-state index in [1.807, 2.05) is 0 Å². The SMILES string of the molecule is Cc1nn(C)c2c1CC1CN(C)CCC1C2. The van der Waals surface area contributed by atoms with Crippen LogP contribution in [-0.4, -0.2) is 34.8 Å². The van der Waals surface area contributed by atoms with Crippen molar-refractivity contribution in [2.75, 3.05) is 20.1 Å². The number of nitrogens with zero attached hydrogens (tertiary/aromatic N) is 3.